The SMILES string of the molecule is O=C(CC(NC(=O)c1ccccc1)c1ccccc1)Nc1cccc(-c2nnnn2C2CC2)c1. The molecule has 0 bridgehead atoms. The molecule has 3 aromatic carbocycles. The van der Waals surface area contributed by atoms with Gasteiger partial charge in [-0.25, -0.2) is 4.68 Å². The van der Waals surface area contributed by atoms with Crippen molar-refractivity contribution < 1.29 is 9.59 Å². The normalized spacial score (nSPS) is 13.8. The number of nitrogens with one attached hydrogen (secondary N) is 2. The summed E-state index contributed by atoms with van der Waals surface area (Å²) in [6.07, 6.45) is 2.24. The summed E-state index contributed by atoms with van der Waals surface area (Å²) in [5.74, 6) is 0.258. The third kappa shape index (κ3) is 5.01. The molecule has 1 unspecified atom stereocenters. The summed E-state index contributed by atoms with van der Waals surface area (Å²) in [6, 6.07) is 25.8. The molecule has 34 heavy (non-hydrogen) atoms. The summed E-state index contributed by atoms with van der Waals surface area (Å²) in [6.45, 7) is 0. The van der Waals surface area contributed by atoms with Crippen molar-refractivity contribution in [2.24, 2.45) is 0 Å². The van der Waals surface area contributed by atoms with E-state index in [-0.39, 0.29) is 18.2 Å². The lowest BCUT2D eigenvalue weighted by Crippen LogP contribution is -2.31. The van der Waals surface area contributed by atoms with Gasteiger partial charge >= 0.3 is 0 Å². The summed E-state index contributed by atoms with van der Waals surface area (Å²) in [5, 5.41) is 18.0. The molecule has 0 spiro atoms. The molecule has 1 saturated carbocycles. The molecule has 1 atom stereocenters. The van der Waals surface area contributed by atoms with E-state index >= 15 is 0 Å². The lowest BCUT2D eigenvalue weighted by atomic mass is 10.0. The van der Waals surface area contributed by atoms with Crippen LogP contribution in [0.2, 0.25) is 0 Å². The number of anilines is 1. The van der Waals surface area contributed by atoms with Gasteiger partial charge in [-0.1, -0.05) is 60.7 Å². The third-order valence-electron chi connectivity index (χ3n) is 5.72. The predicted octanol–water partition coefficient (Wildman–Crippen LogP) is 4.17. The van der Waals surface area contributed by atoms with Crippen molar-refractivity contribution in [3.05, 3.63) is 96.1 Å². The average molecular weight is 453 g/mol. The molecule has 5 rings (SSSR count). The number of amides is 2. The molecule has 0 aliphatic heterocycles. The van der Waals surface area contributed by atoms with Crippen molar-refractivity contribution in [3.8, 4) is 11.4 Å². The summed E-state index contributed by atoms with van der Waals surface area (Å²) >= 11 is 0. The first kappa shape index (κ1) is 21.5. The van der Waals surface area contributed by atoms with Gasteiger partial charge in [0.05, 0.1) is 18.5 Å². The maximum Gasteiger partial charge on any atom is 0.251 e. The highest BCUT2D eigenvalue weighted by Gasteiger charge is 2.28. The topological polar surface area (TPSA) is 102 Å². The first-order chi connectivity index (χ1) is 16.7. The second-order valence-corrected chi connectivity index (χ2v) is 8.31. The number of carbonyl (C=O) groups excluding carboxylic acids is 2. The molecule has 8 heteroatoms. The zero-order chi connectivity index (χ0) is 23.3. The van der Waals surface area contributed by atoms with Crippen molar-refractivity contribution in [2.75, 3.05) is 5.32 Å². The van der Waals surface area contributed by atoms with Crippen molar-refractivity contribution in [3.63, 3.8) is 0 Å². The molecule has 2 N–H and O–H groups in total. The minimum Gasteiger partial charge on any atom is -0.345 e. The standard InChI is InChI=1S/C26H24N6O2/c33-24(27-21-13-7-12-20(16-21)25-29-30-31-32(25)22-14-15-22)17-23(18-8-3-1-4-9-18)28-26(34)19-10-5-2-6-11-19/h1-13,16,22-23H,14-15,17H2,(H,27,33)(H,28,34). The molecule has 170 valence electrons. The number of carbonyl (C=O) groups is 2. The molecule has 1 aliphatic carbocycles. The van der Waals surface area contributed by atoms with Crippen molar-refractivity contribution in [1.82, 2.24) is 25.5 Å². The Labute approximate surface area is 197 Å². The maximum absolute atomic E-state index is 13.0. The third-order valence-corrected chi connectivity index (χ3v) is 5.72. The van der Waals surface area contributed by atoms with Crippen LogP contribution in [0, 0.1) is 0 Å². The maximum atomic E-state index is 13.0. The first-order valence-electron chi connectivity index (χ1n) is 11.3. The van der Waals surface area contributed by atoms with E-state index in [2.05, 4.69) is 26.2 Å². The van der Waals surface area contributed by atoms with E-state index < -0.39 is 6.04 Å². The fourth-order valence-electron chi connectivity index (χ4n) is 3.85. The molecule has 1 fully saturated rings. The smallest absolute Gasteiger partial charge is 0.251 e. The van der Waals surface area contributed by atoms with Gasteiger partial charge < -0.3 is 10.6 Å². The number of aromatic nitrogens is 4. The first-order valence-corrected chi connectivity index (χ1v) is 11.3. The highest BCUT2D eigenvalue weighted by Crippen LogP contribution is 2.36. The van der Waals surface area contributed by atoms with Crippen LogP contribution >= 0.6 is 0 Å². The average Bonchev–Trinajstić information content (AvgIpc) is 3.60. The van der Waals surface area contributed by atoms with Gasteiger partial charge in [0, 0.05) is 16.8 Å². The van der Waals surface area contributed by atoms with E-state index in [9.17, 15) is 9.59 Å². The van der Waals surface area contributed by atoms with Gasteiger partial charge in [0.15, 0.2) is 5.82 Å². The van der Waals surface area contributed by atoms with Gasteiger partial charge in [0.1, 0.15) is 0 Å². The largest absolute Gasteiger partial charge is 0.345 e. The second-order valence-electron chi connectivity index (χ2n) is 8.31. The van der Waals surface area contributed by atoms with Gasteiger partial charge in [-0.2, -0.15) is 0 Å². The van der Waals surface area contributed by atoms with Crippen LogP contribution in [0.5, 0.6) is 0 Å². The zero-order valence-electron chi connectivity index (χ0n) is 18.5. The predicted molar refractivity (Wildman–Crippen MR) is 128 cm³/mol. The minimum atomic E-state index is -0.473. The van der Waals surface area contributed by atoms with E-state index in [4.69, 9.17) is 0 Å². The lowest BCUT2D eigenvalue weighted by molar-refractivity contribution is -0.116. The van der Waals surface area contributed by atoms with E-state index in [0.717, 1.165) is 24.0 Å². The van der Waals surface area contributed by atoms with Crippen LogP contribution in [0.15, 0.2) is 84.9 Å². The fourth-order valence-corrected chi connectivity index (χ4v) is 3.85. The second kappa shape index (κ2) is 9.66. The zero-order valence-corrected chi connectivity index (χ0v) is 18.5. The minimum absolute atomic E-state index is 0.0899. The summed E-state index contributed by atoms with van der Waals surface area (Å²) in [5.41, 5.74) is 2.89. The van der Waals surface area contributed by atoms with Gasteiger partial charge in [-0.3, -0.25) is 9.59 Å². The number of rotatable bonds is 8. The van der Waals surface area contributed by atoms with Crippen LogP contribution in [-0.4, -0.2) is 32.0 Å². The van der Waals surface area contributed by atoms with Gasteiger partial charge in [0.25, 0.3) is 5.91 Å². The number of hydrogen-bond acceptors (Lipinski definition) is 5. The van der Waals surface area contributed by atoms with Crippen LogP contribution < -0.4 is 10.6 Å². The van der Waals surface area contributed by atoms with Crippen LogP contribution in [0.25, 0.3) is 11.4 Å². The van der Waals surface area contributed by atoms with Crippen molar-refractivity contribution in [2.45, 2.75) is 31.3 Å². The molecule has 1 heterocycles. The summed E-state index contributed by atoms with van der Waals surface area (Å²) in [7, 11) is 0. The quantitative estimate of drug-likeness (QED) is 0.418. The van der Waals surface area contributed by atoms with Crippen LogP contribution in [0.3, 0.4) is 0 Å². The Morgan fingerprint density at radius 1 is 0.941 bits per heavy atom. The van der Waals surface area contributed by atoms with Crippen molar-refractivity contribution >= 4 is 17.5 Å². The monoisotopic (exact) mass is 452 g/mol. The molecule has 1 aliphatic rings. The highest BCUT2D eigenvalue weighted by molar-refractivity contribution is 5.96. The van der Waals surface area contributed by atoms with Gasteiger partial charge in [-0.05, 0) is 53.1 Å². The van der Waals surface area contributed by atoms with Gasteiger partial charge in [-0.15, -0.1) is 5.10 Å². The number of tetrazole rings is 1. The summed E-state index contributed by atoms with van der Waals surface area (Å²) in [4.78, 5) is 25.8. The number of benzene rings is 3. The highest BCUT2D eigenvalue weighted by atomic mass is 16.2. The van der Waals surface area contributed by atoms with Crippen LogP contribution in [0.1, 0.15) is 47.3 Å². The molecule has 0 radical (unpaired) electrons. The Balaban J connectivity index is 1.31. The fraction of sp³-hybridized carbons (Fsp3) is 0.192. The van der Waals surface area contributed by atoms with E-state index in [0.29, 0.717) is 23.1 Å². The molecular formula is C26H24N6O2. The van der Waals surface area contributed by atoms with E-state index in [1.165, 1.54) is 0 Å². The van der Waals surface area contributed by atoms with Crippen LogP contribution in [0.4, 0.5) is 5.69 Å². The molecule has 8 nitrogen and oxygen atoms in total. The Morgan fingerprint density at radius 3 is 2.41 bits per heavy atom. The molecule has 0 saturated heterocycles. The number of hydrogen-bond donors (Lipinski definition) is 2. The Bertz CT molecular complexity index is 1280. The molecule has 2 amide bonds. The molecule has 1 aromatic heterocycles. The van der Waals surface area contributed by atoms with Crippen molar-refractivity contribution in [1.29, 1.82) is 0 Å². The van der Waals surface area contributed by atoms with Gasteiger partial charge in [0.2, 0.25) is 5.91 Å². The summed E-state index contributed by atoms with van der Waals surface area (Å²) < 4.78 is 1.84. The van der Waals surface area contributed by atoms with E-state index in [1.54, 1.807) is 12.1 Å². The Hall–Kier alpha value is -4.33. The molecular weight excluding hydrogens is 428 g/mol. The molecule has 4 aromatic rings. The van der Waals surface area contributed by atoms with Crippen LogP contribution in [-0.2, 0) is 4.79 Å². The Kier molecular flexibility index (Phi) is 6.11. The Morgan fingerprint density at radius 2 is 1.68 bits per heavy atom. The van der Waals surface area contributed by atoms with E-state index in [1.807, 2.05) is 77.5 Å². The number of nitrogens with zero attached hydrogens (tertiary/aromatic N) is 4. The lowest BCUT2D eigenvalue weighted by Gasteiger charge is -2.19.